The van der Waals surface area contributed by atoms with Gasteiger partial charge in [-0.2, -0.15) is 0 Å². The van der Waals surface area contributed by atoms with Crippen LogP contribution in [0.15, 0.2) is 12.3 Å². The van der Waals surface area contributed by atoms with Crippen molar-refractivity contribution in [2.24, 2.45) is 5.73 Å². The van der Waals surface area contributed by atoms with Crippen LogP contribution in [0.3, 0.4) is 0 Å². The molecule has 0 radical (unpaired) electrons. The topological polar surface area (TPSA) is 114 Å². The predicted octanol–water partition coefficient (Wildman–Crippen LogP) is -0.113. The number of anilines is 1. The average Bonchev–Trinajstić information content (AvgIpc) is 2.86. The van der Waals surface area contributed by atoms with Gasteiger partial charge in [0.05, 0.1) is 10.5 Å². The maximum atomic E-state index is 11.4. The molecule has 0 saturated carbocycles. The lowest BCUT2D eigenvalue weighted by atomic mass is 10.2. The summed E-state index contributed by atoms with van der Waals surface area (Å²) in [7, 11) is 1.87. The molecule has 8 heteroatoms. The van der Waals surface area contributed by atoms with Crippen LogP contribution in [0.1, 0.15) is 16.8 Å². The summed E-state index contributed by atoms with van der Waals surface area (Å²) in [6.45, 7) is 1.43. The van der Waals surface area contributed by atoms with Crippen LogP contribution in [0.2, 0.25) is 0 Å². The average molecular weight is 265 g/mol. The molecule has 1 atom stereocenters. The summed E-state index contributed by atoms with van der Waals surface area (Å²) in [5.41, 5.74) is 5.13. The van der Waals surface area contributed by atoms with Gasteiger partial charge >= 0.3 is 0 Å². The monoisotopic (exact) mass is 265 g/mol. The number of hydrogen-bond donors (Lipinski definition) is 2. The van der Waals surface area contributed by atoms with E-state index in [0.29, 0.717) is 18.4 Å². The van der Waals surface area contributed by atoms with E-state index in [9.17, 15) is 14.9 Å². The lowest BCUT2D eigenvalue weighted by Gasteiger charge is -2.19. The number of nitrogens with one attached hydrogen (secondary N) is 1. The number of likely N-dealkylation sites (N-methyl/N-ethyl adjacent to an activating group) is 1. The van der Waals surface area contributed by atoms with Gasteiger partial charge in [0.25, 0.3) is 11.6 Å². The number of nitrogens with two attached hydrogens (primary N) is 1. The minimum atomic E-state index is -0.709. The van der Waals surface area contributed by atoms with Crippen LogP contribution in [0, 0.1) is 10.1 Å². The largest absolute Gasteiger partial charge is 0.365 e. The van der Waals surface area contributed by atoms with Crippen LogP contribution in [-0.2, 0) is 0 Å². The summed E-state index contributed by atoms with van der Waals surface area (Å²) >= 11 is 0. The van der Waals surface area contributed by atoms with Gasteiger partial charge < -0.3 is 16.0 Å². The highest BCUT2D eigenvalue weighted by Gasteiger charge is 2.26. The summed E-state index contributed by atoms with van der Waals surface area (Å²) in [6, 6.07) is 1.50. The van der Waals surface area contributed by atoms with E-state index in [2.05, 4.69) is 10.3 Å². The number of nitro groups is 1. The van der Waals surface area contributed by atoms with Gasteiger partial charge in [-0.05, 0) is 13.5 Å². The second-order valence-electron chi connectivity index (χ2n) is 4.41. The smallest absolute Gasteiger partial charge is 0.288 e. The molecule has 1 saturated heterocycles. The molecule has 3 N–H and O–H groups in total. The highest BCUT2D eigenvalue weighted by Crippen LogP contribution is 2.25. The zero-order valence-corrected chi connectivity index (χ0v) is 10.5. The number of nitrogens with zero attached hydrogens (tertiary/aromatic N) is 3. The first-order valence-electron chi connectivity index (χ1n) is 5.89. The summed E-state index contributed by atoms with van der Waals surface area (Å²) in [6.07, 6.45) is 2.07. The molecule has 2 rings (SSSR count). The number of hydrogen-bond acceptors (Lipinski definition) is 6. The number of carbonyl (C=O) groups excluding carboxylic acids is 1. The Morgan fingerprint density at radius 1 is 1.68 bits per heavy atom. The van der Waals surface area contributed by atoms with E-state index in [1.807, 2.05) is 11.9 Å². The number of amides is 1. The highest BCUT2D eigenvalue weighted by atomic mass is 16.6. The maximum Gasteiger partial charge on any atom is 0.288 e. The first-order valence-corrected chi connectivity index (χ1v) is 5.89. The molecule has 1 amide bonds. The molecule has 1 aliphatic rings. The Labute approximate surface area is 109 Å². The molecule has 1 aromatic rings. The minimum absolute atomic E-state index is 0.0888. The third-order valence-corrected chi connectivity index (χ3v) is 3.22. The quantitative estimate of drug-likeness (QED) is 0.579. The van der Waals surface area contributed by atoms with Crippen LogP contribution < -0.4 is 16.0 Å². The first-order chi connectivity index (χ1) is 9.02. The fraction of sp³-hybridized carbons (Fsp3) is 0.455. The van der Waals surface area contributed by atoms with Crippen LogP contribution in [0.5, 0.6) is 0 Å². The molecule has 1 aliphatic heterocycles. The second-order valence-corrected chi connectivity index (χ2v) is 4.41. The van der Waals surface area contributed by atoms with Gasteiger partial charge in [-0.15, -0.1) is 0 Å². The highest BCUT2D eigenvalue weighted by molar-refractivity contribution is 5.98. The summed E-state index contributed by atoms with van der Waals surface area (Å²) in [5, 5.41) is 13.8. The van der Waals surface area contributed by atoms with Gasteiger partial charge in [-0.1, -0.05) is 0 Å². The standard InChI is InChI=1S/C11H15N5O3/c1-13-7-2-3-15(6-7)11-9(10(12)17)4-8(5-14-11)16(18)19/h4-5,7,13H,2-3,6H2,1H3,(H2,12,17). The molecule has 19 heavy (non-hydrogen) atoms. The Bertz CT molecular complexity index is 519. The maximum absolute atomic E-state index is 11.4. The number of pyridine rings is 1. The molecule has 1 unspecified atom stereocenters. The summed E-state index contributed by atoms with van der Waals surface area (Å²) in [4.78, 5) is 27.5. The number of carbonyl (C=O) groups is 1. The van der Waals surface area contributed by atoms with Crippen molar-refractivity contribution in [1.29, 1.82) is 0 Å². The van der Waals surface area contributed by atoms with Gasteiger partial charge in [-0.3, -0.25) is 14.9 Å². The Morgan fingerprint density at radius 3 is 2.95 bits per heavy atom. The lowest BCUT2D eigenvalue weighted by molar-refractivity contribution is -0.385. The van der Waals surface area contributed by atoms with Crippen molar-refractivity contribution in [3.63, 3.8) is 0 Å². The molecular formula is C11H15N5O3. The molecule has 0 spiro atoms. The molecule has 0 bridgehead atoms. The van der Waals surface area contributed by atoms with E-state index in [1.165, 1.54) is 6.07 Å². The Balaban J connectivity index is 2.35. The fourth-order valence-corrected chi connectivity index (χ4v) is 2.17. The zero-order chi connectivity index (χ0) is 14.0. The van der Waals surface area contributed by atoms with E-state index in [1.54, 1.807) is 0 Å². The molecule has 1 fully saturated rings. The summed E-state index contributed by atoms with van der Waals surface area (Å²) < 4.78 is 0. The van der Waals surface area contributed by atoms with Crippen LogP contribution in [0.25, 0.3) is 0 Å². The second kappa shape index (κ2) is 5.19. The number of aromatic nitrogens is 1. The third-order valence-electron chi connectivity index (χ3n) is 3.22. The molecule has 0 aromatic carbocycles. The van der Waals surface area contributed by atoms with Crippen molar-refractivity contribution < 1.29 is 9.72 Å². The van der Waals surface area contributed by atoms with Gasteiger partial charge in [0.2, 0.25) is 0 Å². The van der Waals surface area contributed by atoms with E-state index in [-0.39, 0.29) is 11.3 Å². The van der Waals surface area contributed by atoms with Gasteiger partial charge in [-0.25, -0.2) is 4.98 Å². The number of rotatable bonds is 4. The van der Waals surface area contributed by atoms with Crippen molar-refractivity contribution in [3.8, 4) is 0 Å². The lowest BCUT2D eigenvalue weighted by Crippen LogP contribution is -2.31. The van der Waals surface area contributed by atoms with Crippen LogP contribution in [0.4, 0.5) is 11.5 Å². The van der Waals surface area contributed by atoms with Crippen LogP contribution in [-0.4, -0.2) is 42.0 Å². The Morgan fingerprint density at radius 2 is 2.42 bits per heavy atom. The Kier molecular flexibility index (Phi) is 3.61. The van der Waals surface area contributed by atoms with Crippen molar-refractivity contribution in [2.75, 3.05) is 25.0 Å². The zero-order valence-electron chi connectivity index (χ0n) is 10.5. The molecular weight excluding hydrogens is 250 g/mol. The number of primary amides is 1. The molecule has 102 valence electrons. The molecule has 2 heterocycles. The van der Waals surface area contributed by atoms with Crippen LogP contribution >= 0.6 is 0 Å². The SMILES string of the molecule is CNC1CCN(c2ncc([N+](=O)[O-])cc2C(N)=O)C1. The van der Waals surface area contributed by atoms with Gasteiger partial charge in [0.1, 0.15) is 12.0 Å². The predicted molar refractivity (Wildman–Crippen MR) is 69.1 cm³/mol. The molecule has 0 aliphatic carbocycles. The van der Waals surface area contributed by atoms with E-state index >= 15 is 0 Å². The molecule has 8 nitrogen and oxygen atoms in total. The van der Waals surface area contributed by atoms with Crippen molar-refractivity contribution >= 4 is 17.4 Å². The van der Waals surface area contributed by atoms with Crippen molar-refractivity contribution in [3.05, 3.63) is 27.9 Å². The van der Waals surface area contributed by atoms with Crippen molar-refractivity contribution in [2.45, 2.75) is 12.5 Å². The third kappa shape index (κ3) is 2.63. The van der Waals surface area contributed by atoms with E-state index in [4.69, 9.17) is 5.73 Å². The van der Waals surface area contributed by atoms with Crippen molar-refractivity contribution in [1.82, 2.24) is 10.3 Å². The normalized spacial score (nSPS) is 18.6. The van der Waals surface area contributed by atoms with E-state index < -0.39 is 10.8 Å². The fourth-order valence-electron chi connectivity index (χ4n) is 2.17. The molecule has 1 aromatic heterocycles. The van der Waals surface area contributed by atoms with Gasteiger partial charge in [0.15, 0.2) is 0 Å². The summed E-state index contributed by atoms with van der Waals surface area (Å²) in [5.74, 6) is -0.296. The minimum Gasteiger partial charge on any atom is -0.365 e. The first kappa shape index (κ1) is 13.2. The van der Waals surface area contributed by atoms with E-state index in [0.717, 1.165) is 19.2 Å². The Hall–Kier alpha value is -2.22. The van der Waals surface area contributed by atoms with Gasteiger partial charge in [0, 0.05) is 25.2 Å².